The van der Waals surface area contributed by atoms with Gasteiger partial charge < -0.3 is 5.11 Å². The van der Waals surface area contributed by atoms with Crippen molar-refractivity contribution in [2.45, 2.75) is 12.5 Å². The zero-order valence-electron chi connectivity index (χ0n) is 8.36. The van der Waals surface area contributed by atoms with Crippen LogP contribution in [0.4, 0.5) is 4.39 Å². The topological polar surface area (TPSA) is 20.2 Å². The van der Waals surface area contributed by atoms with Crippen molar-refractivity contribution in [3.63, 3.8) is 0 Å². The van der Waals surface area contributed by atoms with E-state index in [1.165, 1.54) is 18.2 Å². The summed E-state index contributed by atoms with van der Waals surface area (Å²) in [5.41, 5.74) is 1.25. The Balaban J connectivity index is 2.20. The second-order valence-corrected chi connectivity index (χ2v) is 4.73. The van der Waals surface area contributed by atoms with Crippen molar-refractivity contribution >= 4 is 22.9 Å². The summed E-state index contributed by atoms with van der Waals surface area (Å²) in [5.74, 6) is -0.424. The maximum Gasteiger partial charge on any atom is 0.129 e. The maximum absolute atomic E-state index is 13.4. The van der Waals surface area contributed by atoms with E-state index in [1.54, 1.807) is 11.3 Å². The molecule has 0 bridgehead atoms. The maximum atomic E-state index is 13.4. The van der Waals surface area contributed by atoms with Crippen molar-refractivity contribution in [2.24, 2.45) is 0 Å². The largest absolute Gasteiger partial charge is 0.388 e. The fourth-order valence-electron chi connectivity index (χ4n) is 1.51. The van der Waals surface area contributed by atoms with Crippen LogP contribution in [0.5, 0.6) is 0 Å². The molecule has 0 saturated heterocycles. The van der Waals surface area contributed by atoms with E-state index in [0.717, 1.165) is 5.56 Å². The van der Waals surface area contributed by atoms with E-state index in [-0.39, 0.29) is 5.56 Å². The molecule has 2 rings (SSSR count). The molecule has 0 saturated carbocycles. The number of aliphatic hydroxyl groups excluding tert-OH is 1. The van der Waals surface area contributed by atoms with Gasteiger partial charge in [-0.1, -0.05) is 11.6 Å². The van der Waals surface area contributed by atoms with Crippen molar-refractivity contribution in [1.29, 1.82) is 0 Å². The van der Waals surface area contributed by atoms with Crippen molar-refractivity contribution in [3.8, 4) is 0 Å². The van der Waals surface area contributed by atoms with Crippen LogP contribution in [0.15, 0.2) is 35.0 Å². The SMILES string of the molecule is OC(Cc1ccsc1)c1cc(Cl)ccc1F. The first-order valence-corrected chi connectivity index (χ1v) is 6.13. The van der Waals surface area contributed by atoms with Gasteiger partial charge in [0.2, 0.25) is 0 Å². The second kappa shape index (κ2) is 4.95. The summed E-state index contributed by atoms with van der Waals surface area (Å²) in [6, 6.07) is 6.12. The van der Waals surface area contributed by atoms with Crippen LogP contribution in [0.3, 0.4) is 0 Å². The molecule has 2 aromatic rings. The molecule has 0 amide bonds. The van der Waals surface area contributed by atoms with E-state index in [9.17, 15) is 9.50 Å². The Kier molecular flexibility index (Phi) is 3.59. The lowest BCUT2D eigenvalue weighted by Gasteiger charge is -2.11. The molecular formula is C12H10ClFOS. The number of halogens is 2. The van der Waals surface area contributed by atoms with E-state index in [0.29, 0.717) is 11.4 Å². The second-order valence-electron chi connectivity index (χ2n) is 3.52. The third-order valence-electron chi connectivity index (χ3n) is 2.33. The molecule has 1 heterocycles. The third kappa shape index (κ3) is 2.61. The normalized spacial score (nSPS) is 12.7. The van der Waals surface area contributed by atoms with E-state index < -0.39 is 11.9 Å². The summed E-state index contributed by atoms with van der Waals surface area (Å²) >= 11 is 7.32. The van der Waals surface area contributed by atoms with Crippen LogP contribution >= 0.6 is 22.9 Å². The quantitative estimate of drug-likeness (QED) is 0.885. The van der Waals surface area contributed by atoms with Gasteiger partial charge in [-0.15, -0.1) is 0 Å². The number of hydrogen-bond donors (Lipinski definition) is 1. The predicted octanol–water partition coefficient (Wildman–Crippen LogP) is 3.82. The van der Waals surface area contributed by atoms with Gasteiger partial charge in [-0.3, -0.25) is 0 Å². The Morgan fingerprint density at radius 2 is 2.19 bits per heavy atom. The minimum Gasteiger partial charge on any atom is -0.388 e. The first-order chi connectivity index (χ1) is 7.66. The highest BCUT2D eigenvalue weighted by molar-refractivity contribution is 7.07. The third-order valence-corrected chi connectivity index (χ3v) is 3.29. The molecule has 1 aromatic heterocycles. The van der Waals surface area contributed by atoms with Gasteiger partial charge in [-0.25, -0.2) is 4.39 Å². The average molecular weight is 257 g/mol. The van der Waals surface area contributed by atoms with Crippen molar-refractivity contribution in [3.05, 3.63) is 57.0 Å². The number of thiophene rings is 1. The molecule has 1 nitrogen and oxygen atoms in total. The van der Waals surface area contributed by atoms with Gasteiger partial charge in [0.1, 0.15) is 5.82 Å². The van der Waals surface area contributed by atoms with Crippen LogP contribution in [0, 0.1) is 5.82 Å². The zero-order chi connectivity index (χ0) is 11.5. The van der Waals surface area contributed by atoms with E-state index in [1.807, 2.05) is 16.8 Å². The van der Waals surface area contributed by atoms with Crippen molar-refractivity contribution in [2.75, 3.05) is 0 Å². The smallest absolute Gasteiger partial charge is 0.129 e. The molecule has 1 unspecified atom stereocenters. The molecule has 1 atom stereocenters. The number of benzene rings is 1. The Morgan fingerprint density at radius 1 is 1.38 bits per heavy atom. The molecular weight excluding hydrogens is 247 g/mol. The lowest BCUT2D eigenvalue weighted by Crippen LogP contribution is -2.03. The standard InChI is InChI=1S/C12H10ClFOS/c13-9-1-2-11(14)10(6-9)12(15)5-8-3-4-16-7-8/h1-4,6-7,12,15H,5H2. The highest BCUT2D eigenvalue weighted by Gasteiger charge is 2.14. The summed E-state index contributed by atoms with van der Waals surface area (Å²) in [6.45, 7) is 0. The lowest BCUT2D eigenvalue weighted by atomic mass is 10.0. The van der Waals surface area contributed by atoms with E-state index in [4.69, 9.17) is 11.6 Å². The lowest BCUT2D eigenvalue weighted by molar-refractivity contribution is 0.174. The minimum absolute atomic E-state index is 0.249. The molecule has 0 radical (unpaired) electrons. The summed E-state index contributed by atoms with van der Waals surface area (Å²) in [7, 11) is 0. The summed E-state index contributed by atoms with van der Waals surface area (Å²) in [6.07, 6.45) is -0.450. The molecule has 0 aliphatic carbocycles. The van der Waals surface area contributed by atoms with Crippen molar-refractivity contribution in [1.82, 2.24) is 0 Å². The first-order valence-electron chi connectivity index (χ1n) is 4.81. The van der Waals surface area contributed by atoms with Gasteiger partial charge in [-0.05, 0) is 40.6 Å². The van der Waals surface area contributed by atoms with Crippen molar-refractivity contribution < 1.29 is 9.50 Å². The molecule has 16 heavy (non-hydrogen) atoms. The van der Waals surface area contributed by atoms with Crippen LogP contribution in [0.25, 0.3) is 0 Å². The monoisotopic (exact) mass is 256 g/mol. The Bertz CT molecular complexity index is 470. The summed E-state index contributed by atoms with van der Waals surface area (Å²) in [4.78, 5) is 0. The molecule has 4 heteroatoms. The van der Waals surface area contributed by atoms with Crippen LogP contribution in [-0.4, -0.2) is 5.11 Å². The van der Waals surface area contributed by atoms with Gasteiger partial charge >= 0.3 is 0 Å². The van der Waals surface area contributed by atoms with Crippen LogP contribution in [0.1, 0.15) is 17.2 Å². The zero-order valence-corrected chi connectivity index (χ0v) is 9.93. The van der Waals surface area contributed by atoms with Gasteiger partial charge in [0.05, 0.1) is 6.10 Å². The summed E-state index contributed by atoms with van der Waals surface area (Å²) < 4.78 is 13.4. The molecule has 0 spiro atoms. The highest BCUT2D eigenvalue weighted by Crippen LogP contribution is 2.24. The average Bonchev–Trinajstić information content (AvgIpc) is 2.74. The Morgan fingerprint density at radius 3 is 2.88 bits per heavy atom. The fraction of sp³-hybridized carbons (Fsp3) is 0.167. The van der Waals surface area contributed by atoms with Gasteiger partial charge in [-0.2, -0.15) is 11.3 Å². The molecule has 0 aliphatic heterocycles. The Labute approximate surface area is 102 Å². The summed E-state index contributed by atoms with van der Waals surface area (Å²) in [5, 5.41) is 14.2. The molecule has 1 aromatic carbocycles. The Hall–Kier alpha value is -0.900. The first kappa shape index (κ1) is 11.6. The molecule has 1 N–H and O–H groups in total. The number of aliphatic hydroxyl groups is 1. The van der Waals surface area contributed by atoms with E-state index >= 15 is 0 Å². The number of rotatable bonds is 3. The molecule has 84 valence electrons. The van der Waals surface area contributed by atoms with Gasteiger partial charge in [0.25, 0.3) is 0 Å². The van der Waals surface area contributed by atoms with Crippen LogP contribution < -0.4 is 0 Å². The predicted molar refractivity (Wildman–Crippen MR) is 64.4 cm³/mol. The minimum atomic E-state index is -0.853. The van der Waals surface area contributed by atoms with Crippen LogP contribution in [-0.2, 0) is 6.42 Å². The van der Waals surface area contributed by atoms with Crippen LogP contribution in [0.2, 0.25) is 5.02 Å². The van der Waals surface area contributed by atoms with Gasteiger partial charge in [0.15, 0.2) is 0 Å². The molecule has 0 fully saturated rings. The highest BCUT2D eigenvalue weighted by atomic mass is 35.5. The fourth-order valence-corrected chi connectivity index (χ4v) is 2.37. The molecule has 0 aliphatic rings. The van der Waals surface area contributed by atoms with Gasteiger partial charge in [0, 0.05) is 17.0 Å². The number of hydrogen-bond acceptors (Lipinski definition) is 2. The van der Waals surface area contributed by atoms with E-state index in [2.05, 4.69) is 0 Å².